The highest BCUT2D eigenvalue weighted by Gasteiger charge is 2.11. The maximum Gasteiger partial charge on any atom is 0.226 e. The number of aromatic nitrogens is 4. The average molecular weight is 331 g/mol. The fraction of sp³-hybridized carbons (Fsp3) is 0.312. The number of unbranched alkanes of at least 4 members (excludes halogenated alkanes) is 1. The van der Waals surface area contributed by atoms with Gasteiger partial charge in [-0.3, -0.25) is 0 Å². The van der Waals surface area contributed by atoms with E-state index in [1.165, 1.54) is 0 Å². The molecule has 0 spiro atoms. The van der Waals surface area contributed by atoms with E-state index in [-0.39, 0.29) is 0 Å². The van der Waals surface area contributed by atoms with Crippen molar-refractivity contribution in [1.29, 1.82) is 0 Å². The Bertz CT molecular complexity index is 813. The third-order valence-corrected chi connectivity index (χ3v) is 3.78. The van der Waals surface area contributed by atoms with E-state index in [1.54, 1.807) is 6.33 Å². The van der Waals surface area contributed by atoms with Gasteiger partial charge in [0.1, 0.15) is 5.52 Å². The van der Waals surface area contributed by atoms with Crippen molar-refractivity contribution in [2.45, 2.75) is 26.3 Å². The Balaban J connectivity index is 1.91. The van der Waals surface area contributed by atoms with Crippen LogP contribution in [0.1, 0.15) is 25.3 Å². The van der Waals surface area contributed by atoms with Crippen molar-refractivity contribution in [3.05, 3.63) is 41.2 Å². The van der Waals surface area contributed by atoms with Crippen molar-refractivity contribution in [2.75, 3.05) is 17.6 Å². The Morgan fingerprint density at radius 2 is 2.17 bits per heavy atom. The Hall–Kier alpha value is -2.34. The molecule has 0 saturated carbocycles. The minimum absolute atomic E-state index is 0.388. The van der Waals surface area contributed by atoms with Gasteiger partial charge in [-0.05, 0) is 24.1 Å². The number of anilines is 2. The Morgan fingerprint density at radius 1 is 1.30 bits per heavy atom. The van der Waals surface area contributed by atoms with Gasteiger partial charge in [0.15, 0.2) is 11.5 Å². The number of halogens is 1. The van der Waals surface area contributed by atoms with Crippen LogP contribution < -0.4 is 11.1 Å². The fourth-order valence-electron chi connectivity index (χ4n) is 2.37. The first-order chi connectivity index (χ1) is 11.2. The van der Waals surface area contributed by atoms with Gasteiger partial charge in [-0.15, -0.1) is 0 Å². The molecule has 23 heavy (non-hydrogen) atoms. The van der Waals surface area contributed by atoms with Crippen LogP contribution in [0.4, 0.5) is 11.8 Å². The first-order valence-electron chi connectivity index (χ1n) is 7.64. The Labute approximate surface area is 139 Å². The molecule has 120 valence electrons. The minimum Gasteiger partial charge on any atom is -0.382 e. The van der Waals surface area contributed by atoms with Crippen LogP contribution in [-0.2, 0) is 6.54 Å². The number of fused-ring (bicyclic) bond motifs is 1. The number of rotatable bonds is 6. The predicted octanol–water partition coefficient (Wildman–Crippen LogP) is 3.32. The number of nitrogens with two attached hydrogens (primary N) is 1. The van der Waals surface area contributed by atoms with Crippen LogP contribution in [0.15, 0.2) is 30.6 Å². The minimum atomic E-state index is 0.388. The van der Waals surface area contributed by atoms with Crippen molar-refractivity contribution in [2.24, 2.45) is 0 Å². The van der Waals surface area contributed by atoms with Crippen LogP contribution in [0.3, 0.4) is 0 Å². The van der Waals surface area contributed by atoms with Gasteiger partial charge < -0.3 is 15.6 Å². The molecule has 3 aromatic rings. The zero-order valence-corrected chi connectivity index (χ0v) is 13.7. The van der Waals surface area contributed by atoms with E-state index in [2.05, 4.69) is 27.2 Å². The van der Waals surface area contributed by atoms with Crippen LogP contribution >= 0.6 is 11.6 Å². The number of hydrogen-bond acceptors (Lipinski definition) is 5. The quantitative estimate of drug-likeness (QED) is 0.677. The molecule has 0 fully saturated rings. The summed E-state index contributed by atoms with van der Waals surface area (Å²) in [7, 11) is 0. The summed E-state index contributed by atoms with van der Waals surface area (Å²) in [5.74, 6) is 0.926. The summed E-state index contributed by atoms with van der Waals surface area (Å²) in [6, 6.07) is 7.73. The molecule has 0 atom stereocenters. The van der Waals surface area contributed by atoms with E-state index < -0.39 is 0 Å². The molecular weight excluding hydrogens is 312 g/mol. The molecule has 0 unspecified atom stereocenters. The SMILES string of the molecule is CCCCNc1nc(N)c2ncn(Cc3cccc(Cl)c3)c2n1. The lowest BCUT2D eigenvalue weighted by molar-refractivity contribution is 0.808. The van der Waals surface area contributed by atoms with Crippen molar-refractivity contribution in [1.82, 2.24) is 19.5 Å². The second-order valence-electron chi connectivity index (χ2n) is 5.39. The van der Waals surface area contributed by atoms with E-state index in [0.717, 1.165) is 30.6 Å². The largest absolute Gasteiger partial charge is 0.382 e. The van der Waals surface area contributed by atoms with Gasteiger partial charge in [0.05, 0.1) is 12.9 Å². The molecule has 0 saturated heterocycles. The average Bonchev–Trinajstić information content (AvgIpc) is 2.91. The molecule has 0 amide bonds. The molecular formula is C16H19ClN6. The molecule has 7 heteroatoms. The topological polar surface area (TPSA) is 81.6 Å². The first-order valence-corrected chi connectivity index (χ1v) is 8.02. The van der Waals surface area contributed by atoms with Crippen molar-refractivity contribution in [3.63, 3.8) is 0 Å². The molecule has 2 heterocycles. The summed E-state index contributed by atoms with van der Waals surface area (Å²) >= 11 is 6.04. The summed E-state index contributed by atoms with van der Waals surface area (Å²) in [6.07, 6.45) is 3.90. The second-order valence-corrected chi connectivity index (χ2v) is 5.82. The smallest absolute Gasteiger partial charge is 0.226 e. The second kappa shape index (κ2) is 6.83. The number of hydrogen-bond donors (Lipinski definition) is 2. The third kappa shape index (κ3) is 3.53. The molecule has 0 radical (unpaired) electrons. The normalized spacial score (nSPS) is 11.0. The lowest BCUT2D eigenvalue weighted by atomic mass is 10.2. The highest BCUT2D eigenvalue weighted by molar-refractivity contribution is 6.30. The number of nitrogen functional groups attached to an aromatic ring is 1. The lowest BCUT2D eigenvalue weighted by Gasteiger charge is -2.07. The van der Waals surface area contributed by atoms with E-state index in [9.17, 15) is 0 Å². The van der Waals surface area contributed by atoms with E-state index in [0.29, 0.717) is 28.9 Å². The zero-order chi connectivity index (χ0) is 16.2. The van der Waals surface area contributed by atoms with Crippen LogP contribution in [0.2, 0.25) is 5.02 Å². The summed E-state index contributed by atoms with van der Waals surface area (Å²) in [6.45, 7) is 3.59. The zero-order valence-electron chi connectivity index (χ0n) is 13.0. The summed E-state index contributed by atoms with van der Waals surface area (Å²) < 4.78 is 1.95. The Kier molecular flexibility index (Phi) is 4.62. The molecule has 3 rings (SSSR count). The van der Waals surface area contributed by atoms with Crippen molar-refractivity contribution >= 4 is 34.5 Å². The third-order valence-electron chi connectivity index (χ3n) is 3.55. The maximum absolute atomic E-state index is 6.04. The standard InChI is InChI=1S/C16H19ClN6/c1-2-3-7-19-16-21-14(18)13-15(22-16)23(10-20-13)9-11-5-4-6-12(17)8-11/h4-6,8,10H,2-3,7,9H2,1H3,(H3,18,19,21,22). The molecule has 2 aromatic heterocycles. The molecule has 6 nitrogen and oxygen atoms in total. The molecule has 0 aliphatic heterocycles. The van der Waals surface area contributed by atoms with Gasteiger partial charge in [0, 0.05) is 11.6 Å². The van der Waals surface area contributed by atoms with E-state index in [1.807, 2.05) is 28.8 Å². The summed E-state index contributed by atoms with van der Waals surface area (Å²) in [5, 5.41) is 3.92. The van der Waals surface area contributed by atoms with Gasteiger partial charge in [-0.25, -0.2) is 4.98 Å². The Morgan fingerprint density at radius 3 is 2.96 bits per heavy atom. The molecule has 0 aliphatic carbocycles. The van der Waals surface area contributed by atoms with Crippen LogP contribution in [0.25, 0.3) is 11.2 Å². The maximum atomic E-state index is 6.04. The number of nitrogens with zero attached hydrogens (tertiary/aromatic N) is 4. The fourth-order valence-corrected chi connectivity index (χ4v) is 2.58. The predicted molar refractivity (Wildman–Crippen MR) is 93.7 cm³/mol. The highest BCUT2D eigenvalue weighted by atomic mass is 35.5. The van der Waals surface area contributed by atoms with Crippen molar-refractivity contribution in [3.8, 4) is 0 Å². The highest BCUT2D eigenvalue weighted by Crippen LogP contribution is 2.20. The van der Waals surface area contributed by atoms with Gasteiger partial charge in [0.25, 0.3) is 0 Å². The van der Waals surface area contributed by atoms with Crippen LogP contribution in [-0.4, -0.2) is 26.1 Å². The van der Waals surface area contributed by atoms with E-state index >= 15 is 0 Å². The van der Waals surface area contributed by atoms with Gasteiger partial charge in [0.2, 0.25) is 5.95 Å². The number of benzene rings is 1. The molecule has 0 bridgehead atoms. The number of imidazole rings is 1. The molecule has 0 aliphatic rings. The van der Waals surface area contributed by atoms with Gasteiger partial charge in [-0.1, -0.05) is 37.1 Å². The molecule has 3 N–H and O–H groups in total. The number of nitrogens with one attached hydrogen (secondary N) is 1. The van der Waals surface area contributed by atoms with E-state index in [4.69, 9.17) is 17.3 Å². The first kappa shape index (κ1) is 15.6. The summed E-state index contributed by atoms with van der Waals surface area (Å²) in [4.78, 5) is 13.1. The summed E-state index contributed by atoms with van der Waals surface area (Å²) in [5.41, 5.74) is 8.42. The lowest BCUT2D eigenvalue weighted by Crippen LogP contribution is -2.08. The van der Waals surface area contributed by atoms with Gasteiger partial charge in [-0.2, -0.15) is 9.97 Å². The van der Waals surface area contributed by atoms with Crippen LogP contribution in [0, 0.1) is 0 Å². The van der Waals surface area contributed by atoms with Gasteiger partial charge >= 0.3 is 0 Å². The monoisotopic (exact) mass is 330 g/mol. The van der Waals surface area contributed by atoms with Crippen molar-refractivity contribution < 1.29 is 0 Å². The van der Waals surface area contributed by atoms with Crippen LogP contribution in [0.5, 0.6) is 0 Å². The molecule has 1 aromatic carbocycles.